The molecular weight excluding hydrogens is 327 g/mol. The normalized spacial score (nSPS) is 10.3. The van der Waals surface area contributed by atoms with Crippen molar-refractivity contribution in [1.82, 2.24) is 10.6 Å². The van der Waals surface area contributed by atoms with Gasteiger partial charge in [0.15, 0.2) is 0 Å². The van der Waals surface area contributed by atoms with Gasteiger partial charge in [0.1, 0.15) is 6.42 Å². The first kappa shape index (κ1) is 18.7. The molecule has 122 valence electrons. The summed E-state index contributed by atoms with van der Waals surface area (Å²) < 4.78 is 4.87. The Labute approximate surface area is 140 Å². The van der Waals surface area contributed by atoms with Gasteiger partial charge in [-0.15, -0.1) is 0 Å². The van der Waals surface area contributed by atoms with Gasteiger partial charge in [0.25, 0.3) is 0 Å². The molecule has 0 heterocycles. The Morgan fingerprint density at radius 2 is 1.82 bits per heavy atom. The Morgan fingerprint density at radius 3 is 2.45 bits per heavy atom. The second kappa shape index (κ2) is 10.4. The Hall–Kier alpha value is -1.30. The van der Waals surface area contributed by atoms with Crippen LogP contribution in [-0.4, -0.2) is 38.6 Å². The van der Waals surface area contributed by atoms with Crippen LogP contribution in [0.25, 0.3) is 0 Å². The van der Waals surface area contributed by atoms with E-state index in [4.69, 9.17) is 27.9 Å². The molecule has 0 aromatic heterocycles. The van der Waals surface area contributed by atoms with E-state index in [9.17, 15) is 9.59 Å². The van der Waals surface area contributed by atoms with Gasteiger partial charge in [0.2, 0.25) is 11.8 Å². The molecule has 0 bridgehead atoms. The minimum atomic E-state index is -0.311. The average molecular weight is 347 g/mol. The Kier molecular flexibility index (Phi) is 8.89. The molecule has 0 aliphatic rings. The molecule has 5 nitrogen and oxygen atoms in total. The molecule has 22 heavy (non-hydrogen) atoms. The van der Waals surface area contributed by atoms with Crippen molar-refractivity contribution in [2.45, 2.75) is 19.3 Å². The molecule has 0 fully saturated rings. The van der Waals surface area contributed by atoms with Gasteiger partial charge >= 0.3 is 0 Å². The maximum Gasteiger partial charge on any atom is 0.229 e. The third-order valence-electron chi connectivity index (χ3n) is 2.90. The molecule has 2 N–H and O–H groups in total. The fourth-order valence-corrected chi connectivity index (χ4v) is 2.28. The highest BCUT2D eigenvalue weighted by molar-refractivity contribution is 6.35. The summed E-state index contributed by atoms with van der Waals surface area (Å²) in [4.78, 5) is 23.1. The van der Waals surface area contributed by atoms with E-state index in [0.717, 1.165) is 12.0 Å². The molecule has 0 spiro atoms. The molecular formula is C15H20Cl2N2O3. The molecule has 0 atom stereocenters. The lowest BCUT2D eigenvalue weighted by atomic mass is 10.1. The predicted octanol–water partition coefficient (Wildman–Crippen LogP) is 2.19. The number of nitrogens with one attached hydrogen (secondary N) is 2. The van der Waals surface area contributed by atoms with Crippen LogP contribution in [-0.2, 0) is 20.7 Å². The summed E-state index contributed by atoms with van der Waals surface area (Å²) in [6.45, 7) is 1.49. The summed E-state index contributed by atoms with van der Waals surface area (Å²) in [5, 5.41) is 6.49. The zero-order chi connectivity index (χ0) is 16.4. The van der Waals surface area contributed by atoms with Gasteiger partial charge in [-0.1, -0.05) is 29.3 Å². The molecule has 0 saturated carbocycles. The molecule has 0 radical (unpaired) electrons. The molecule has 0 unspecified atom stereocenters. The van der Waals surface area contributed by atoms with Crippen molar-refractivity contribution in [1.29, 1.82) is 0 Å². The zero-order valence-electron chi connectivity index (χ0n) is 12.5. The minimum absolute atomic E-state index is 0.179. The van der Waals surface area contributed by atoms with Gasteiger partial charge in [0.05, 0.1) is 0 Å². The number of hydrogen-bond donors (Lipinski definition) is 2. The number of rotatable bonds is 9. The number of halogens is 2. The number of benzene rings is 1. The summed E-state index contributed by atoms with van der Waals surface area (Å²) in [5.41, 5.74) is 0.899. The van der Waals surface area contributed by atoms with E-state index in [0.29, 0.717) is 36.2 Å². The van der Waals surface area contributed by atoms with E-state index in [-0.39, 0.29) is 18.2 Å². The van der Waals surface area contributed by atoms with Crippen LogP contribution >= 0.6 is 23.2 Å². The van der Waals surface area contributed by atoms with E-state index < -0.39 is 0 Å². The second-order valence-corrected chi connectivity index (χ2v) is 5.55. The Morgan fingerprint density at radius 1 is 1.14 bits per heavy atom. The second-order valence-electron chi connectivity index (χ2n) is 4.71. The first-order chi connectivity index (χ1) is 10.5. The highest BCUT2D eigenvalue weighted by Gasteiger charge is 2.09. The molecule has 0 aliphatic carbocycles. The third kappa shape index (κ3) is 7.64. The van der Waals surface area contributed by atoms with Gasteiger partial charge in [-0.05, 0) is 30.5 Å². The number of carbonyl (C=O) groups is 2. The molecule has 0 aliphatic heterocycles. The van der Waals surface area contributed by atoms with Gasteiger partial charge in [-0.25, -0.2) is 0 Å². The average Bonchev–Trinajstić information content (AvgIpc) is 2.46. The van der Waals surface area contributed by atoms with Crippen LogP contribution < -0.4 is 10.6 Å². The van der Waals surface area contributed by atoms with Crippen molar-refractivity contribution in [2.75, 3.05) is 26.8 Å². The minimum Gasteiger partial charge on any atom is -0.385 e. The summed E-state index contributed by atoms with van der Waals surface area (Å²) >= 11 is 11.9. The summed E-state index contributed by atoms with van der Waals surface area (Å²) in [5.74, 6) is -0.604. The third-order valence-corrected chi connectivity index (χ3v) is 3.49. The number of hydrogen-bond acceptors (Lipinski definition) is 3. The quantitative estimate of drug-likeness (QED) is 0.532. The monoisotopic (exact) mass is 346 g/mol. The lowest BCUT2D eigenvalue weighted by Gasteiger charge is -2.08. The van der Waals surface area contributed by atoms with Crippen LogP contribution in [0.4, 0.5) is 0 Å². The van der Waals surface area contributed by atoms with E-state index in [1.807, 2.05) is 6.07 Å². The van der Waals surface area contributed by atoms with Crippen LogP contribution in [0.1, 0.15) is 18.4 Å². The van der Waals surface area contributed by atoms with E-state index in [1.54, 1.807) is 19.2 Å². The van der Waals surface area contributed by atoms with Gasteiger partial charge in [0, 0.05) is 36.9 Å². The molecule has 1 rings (SSSR count). The molecule has 0 saturated heterocycles. The first-order valence-electron chi connectivity index (χ1n) is 6.99. The maximum absolute atomic E-state index is 11.6. The van der Waals surface area contributed by atoms with E-state index >= 15 is 0 Å². The van der Waals surface area contributed by atoms with Gasteiger partial charge in [-0.3, -0.25) is 9.59 Å². The van der Waals surface area contributed by atoms with Crippen molar-refractivity contribution in [2.24, 2.45) is 0 Å². The van der Waals surface area contributed by atoms with Crippen LogP contribution in [0.5, 0.6) is 0 Å². The topological polar surface area (TPSA) is 67.4 Å². The Balaban J connectivity index is 2.21. The molecule has 1 aromatic carbocycles. The largest absolute Gasteiger partial charge is 0.385 e. The fourth-order valence-electron chi connectivity index (χ4n) is 1.78. The molecule has 1 aromatic rings. The lowest BCUT2D eigenvalue weighted by molar-refractivity contribution is -0.129. The number of carbonyl (C=O) groups excluding carboxylic acids is 2. The smallest absolute Gasteiger partial charge is 0.229 e. The highest BCUT2D eigenvalue weighted by atomic mass is 35.5. The van der Waals surface area contributed by atoms with E-state index in [1.165, 1.54) is 0 Å². The van der Waals surface area contributed by atoms with Crippen LogP contribution in [0.15, 0.2) is 18.2 Å². The van der Waals surface area contributed by atoms with E-state index in [2.05, 4.69) is 10.6 Å². The first-order valence-corrected chi connectivity index (χ1v) is 7.74. The van der Waals surface area contributed by atoms with Crippen LogP contribution in [0.2, 0.25) is 10.0 Å². The van der Waals surface area contributed by atoms with Crippen molar-refractivity contribution in [3.8, 4) is 0 Å². The standard InChI is InChI=1S/C15H20Cl2N2O3/c1-22-8-2-6-18-14(20)10-15(21)19-7-5-11-3-4-12(16)9-13(11)17/h3-4,9H,2,5-8,10H2,1H3,(H,18,20)(H,19,21). The lowest BCUT2D eigenvalue weighted by Crippen LogP contribution is -2.33. The number of methoxy groups -OCH3 is 1. The predicted molar refractivity (Wildman–Crippen MR) is 87.3 cm³/mol. The van der Waals surface area contributed by atoms with Crippen LogP contribution in [0.3, 0.4) is 0 Å². The van der Waals surface area contributed by atoms with Crippen molar-refractivity contribution in [3.05, 3.63) is 33.8 Å². The van der Waals surface area contributed by atoms with Crippen LogP contribution in [0, 0.1) is 0 Å². The Bertz CT molecular complexity index is 510. The molecule has 7 heteroatoms. The highest BCUT2D eigenvalue weighted by Crippen LogP contribution is 2.20. The summed E-state index contributed by atoms with van der Waals surface area (Å²) in [6, 6.07) is 5.23. The number of ether oxygens (including phenoxy) is 1. The SMILES string of the molecule is COCCCNC(=O)CC(=O)NCCc1ccc(Cl)cc1Cl. The summed E-state index contributed by atoms with van der Waals surface area (Å²) in [6.07, 6.45) is 1.12. The summed E-state index contributed by atoms with van der Waals surface area (Å²) in [7, 11) is 1.60. The van der Waals surface area contributed by atoms with Crippen molar-refractivity contribution < 1.29 is 14.3 Å². The maximum atomic E-state index is 11.6. The van der Waals surface area contributed by atoms with Gasteiger partial charge in [-0.2, -0.15) is 0 Å². The fraction of sp³-hybridized carbons (Fsp3) is 0.467. The van der Waals surface area contributed by atoms with Gasteiger partial charge < -0.3 is 15.4 Å². The number of amides is 2. The molecule has 2 amide bonds. The van der Waals surface area contributed by atoms with Crippen molar-refractivity contribution >= 4 is 35.0 Å². The van der Waals surface area contributed by atoms with Crippen molar-refractivity contribution in [3.63, 3.8) is 0 Å². The zero-order valence-corrected chi connectivity index (χ0v) is 14.0.